The van der Waals surface area contributed by atoms with Gasteiger partial charge < -0.3 is 89.9 Å². The van der Waals surface area contributed by atoms with E-state index in [1.54, 1.807) is 12.2 Å². The van der Waals surface area contributed by atoms with Crippen molar-refractivity contribution >= 4 is 5.91 Å². The lowest BCUT2D eigenvalue weighted by molar-refractivity contribution is -0.379. The highest BCUT2D eigenvalue weighted by molar-refractivity contribution is 5.76. The molecular formula is C70H109NO18. The Morgan fingerprint density at radius 3 is 1.22 bits per heavy atom. The average molecular weight is 1250 g/mol. The number of nitrogens with one attached hydrogen (secondary N) is 1. The quantitative estimate of drug-likeness (QED) is 0.0209. The molecule has 89 heavy (non-hydrogen) atoms. The summed E-state index contributed by atoms with van der Waals surface area (Å²) in [6.45, 7) is 1.39. The van der Waals surface area contributed by atoms with E-state index < -0.39 is 131 Å². The minimum atomic E-state index is -1.99. The van der Waals surface area contributed by atoms with Gasteiger partial charge in [-0.2, -0.15) is 0 Å². The Kier molecular flexibility index (Phi) is 44.2. The number of hydrogen-bond donors (Lipinski definition) is 12. The first-order valence-corrected chi connectivity index (χ1v) is 32.2. The predicted molar refractivity (Wildman–Crippen MR) is 345 cm³/mol. The zero-order chi connectivity index (χ0) is 64.7. The van der Waals surface area contributed by atoms with Gasteiger partial charge in [0, 0.05) is 6.42 Å². The van der Waals surface area contributed by atoms with E-state index in [4.69, 9.17) is 28.4 Å². The number of ether oxygens (including phenoxy) is 6. The molecule has 3 heterocycles. The van der Waals surface area contributed by atoms with E-state index in [0.29, 0.717) is 12.8 Å². The number of carbonyl (C=O) groups excluding carboxylic acids is 1. The molecule has 3 rings (SSSR count). The Balaban J connectivity index is 1.35. The highest BCUT2D eigenvalue weighted by Gasteiger charge is 2.53. The van der Waals surface area contributed by atoms with E-state index in [0.717, 1.165) is 109 Å². The summed E-state index contributed by atoms with van der Waals surface area (Å²) in [5, 5.41) is 120. The predicted octanol–water partition coefficient (Wildman–Crippen LogP) is 7.37. The Morgan fingerprint density at radius 1 is 0.416 bits per heavy atom. The van der Waals surface area contributed by atoms with E-state index in [9.17, 15) is 61.0 Å². The fourth-order valence-corrected chi connectivity index (χ4v) is 9.57. The van der Waals surface area contributed by atoms with E-state index in [1.807, 2.05) is 0 Å². The standard InChI is InChI=1S/C70H109NO18/c1-3-5-7-9-11-12-13-14-15-16-17-18-19-20-21-22-23-24-25-26-27-28-29-30-31-32-33-34-35-36-37-38-39-40-42-44-46-48-58(76)71-53(54(75)47-45-43-41-10-8-6-4-2)52-84-68-64(82)61(79)66(56(50-73)86-68)89-70-65(83)62(80)67(57(51-74)87-70)88-69-63(81)60(78)59(77)55(49-72)85-69/h5,7-8,10-12,14-15,17-18,20-21,23-24,26-27,29-30,32-33,35-36,38-39,45,47,53-57,59-70,72-75,77-83H,3-4,6,9,13,16,19,22,25,28,31,34,37,40-44,46,48-52H2,1-2H3,(H,71,76)/b7-5-,10-8+,12-11-,15-14-,18-17-,21-20-,24-23-,27-26-,30-29-,33-32-,36-35-,39-38-,47-45+. The fourth-order valence-electron chi connectivity index (χ4n) is 9.57. The maximum absolute atomic E-state index is 13.3. The van der Waals surface area contributed by atoms with Crippen LogP contribution in [0.3, 0.4) is 0 Å². The molecule has 0 radical (unpaired) electrons. The van der Waals surface area contributed by atoms with Gasteiger partial charge in [0.15, 0.2) is 18.9 Å². The first kappa shape index (κ1) is 78.7. The molecule has 0 aromatic rings. The molecule has 12 N–H and O–H groups in total. The van der Waals surface area contributed by atoms with Crippen LogP contribution in [0.25, 0.3) is 0 Å². The zero-order valence-electron chi connectivity index (χ0n) is 52.6. The molecule has 3 saturated heterocycles. The Bertz CT molecular complexity index is 2230. The lowest BCUT2D eigenvalue weighted by Crippen LogP contribution is -2.66. The van der Waals surface area contributed by atoms with Crippen LogP contribution in [-0.2, 0) is 33.2 Å². The van der Waals surface area contributed by atoms with Gasteiger partial charge in [-0.05, 0) is 109 Å². The van der Waals surface area contributed by atoms with E-state index in [1.165, 1.54) is 0 Å². The second-order valence-electron chi connectivity index (χ2n) is 22.1. The highest BCUT2D eigenvalue weighted by atomic mass is 16.8. The lowest BCUT2D eigenvalue weighted by atomic mass is 9.96. The Morgan fingerprint density at radius 2 is 0.787 bits per heavy atom. The summed E-state index contributed by atoms with van der Waals surface area (Å²) in [6, 6.07) is -1.02. The number of rotatable bonds is 45. The normalized spacial score (nSPS) is 29.3. The smallest absolute Gasteiger partial charge is 0.220 e. The fraction of sp³-hybridized carbons (Fsp3) is 0.614. The van der Waals surface area contributed by atoms with Crippen molar-refractivity contribution in [1.29, 1.82) is 0 Å². The van der Waals surface area contributed by atoms with Crippen molar-refractivity contribution in [1.82, 2.24) is 5.32 Å². The largest absolute Gasteiger partial charge is 0.394 e. The molecular weight excluding hydrogens is 1140 g/mol. The van der Waals surface area contributed by atoms with Crippen molar-refractivity contribution in [2.45, 2.75) is 247 Å². The molecule has 0 saturated carbocycles. The van der Waals surface area contributed by atoms with Crippen LogP contribution in [-0.4, -0.2) is 193 Å². The van der Waals surface area contributed by atoms with E-state index in [-0.39, 0.29) is 12.3 Å². The summed E-state index contributed by atoms with van der Waals surface area (Å²) in [6.07, 6.45) is 45.8. The maximum atomic E-state index is 13.3. The molecule has 0 aromatic heterocycles. The second-order valence-corrected chi connectivity index (χ2v) is 22.1. The van der Waals surface area contributed by atoms with Gasteiger partial charge in [0.2, 0.25) is 5.91 Å². The summed E-state index contributed by atoms with van der Waals surface area (Å²) in [4.78, 5) is 13.3. The van der Waals surface area contributed by atoms with Gasteiger partial charge in [-0.25, -0.2) is 0 Å². The molecule has 19 nitrogen and oxygen atoms in total. The van der Waals surface area contributed by atoms with Crippen molar-refractivity contribution in [2.24, 2.45) is 0 Å². The number of aliphatic hydroxyl groups is 11. The van der Waals surface area contributed by atoms with E-state index in [2.05, 4.69) is 165 Å². The van der Waals surface area contributed by atoms with Gasteiger partial charge in [-0.3, -0.25) is 4.79 Å². The molecule has 19 heteroatoms. The summed E-state index contributed by atoms with van der Waals surface area (Å²) >= 11 is 0. The first-order chi connectivity index (χ1) is 43.3. The monoisotopic (exact) mass is 1250 g/mol. The van der Waals surface area contributed by atoms with Gasteiger partial charge >= 0.3 is 0 Å². The summed E-state index contributed by atoms with van der Waals surface area (Å²) in [5.74, 6) is -0.332. The van der Waals surface area contributed by atoms with Gasteiger partial charge in [0.05, 0.1) is 38.6 Å². The number of amides is 1. The average Bonchev–Trinajstić information content (AvgIpc) is 2.14. The number of allylic oxidation sites excluding steroid dienone is 25. The lowest BCUT2D eigenvalue weighted by Gasteiger charge is -2.48. The first-order valence-electron chi connectivity index (χ1n) is 32.2. The molecule has 17 atom stereocenters. The third-order valence-electron chi connectivity index (χ3n) is 14.8. The molecule has 17 unspecified atom stereocenters. The SMILES string of the molecule is CC/C=C\C/C=C\C/C=C\C/C=C\C/C=C\C/C=C\C/C=C\C/C=C\C/C=C\C/C=C\C/C=C\CCCCCC(=O)NC(COC1OC(CO)C(OC2OC(CO)C(OC3OC(CO)C(O)C(O)C3O)C(O)C2O)C(O)C1O)C(O)/C=C/CC/C=C/CCC. The van der Waals surface area contributed by atoms with Crippen LogP contribution in [0.1, 0.15) is 142 Å². The molecule has 0 bridgehead atoms. The molecule has 3 aliphatic heterocycles. The van der Waals surface area contributed by atoms with Crippen molar-refractivity contribution in [3.63, 3.8) is 0 Å². The van der Waals surface area contributed by atoms with Crippen LogP contribution in [0.5, 0.6) is 0 Å². The molecule has 0 aliphatic carbocycles. The Labute approximate surface area is 529 Å². The summed E-state index contributed by atoms with van der Waals surface area (Å²) < 4.78 is 34.1. The van der Waals surface area contributed by atoms with Crippen LogP contribution in [0.2, 0.25) is 0 Å². The van der Waals surface area contributed by atoms with Gasteiger partial charge in [-0.1, -0.05) is 185 Å². The number of unbranched alkanes of at least 4 members (excludes halogenated alkanes) is 5. The van der Waals surface area contributed by atoms with Crippen LogP contribution in [0.4, 0.5) is 0 Å². The van der Waals surface area contributed by atoms with Crippen LogP contribution in [0.15, 0.2) is 158 Å². The third kappa shape index (κ3) is 32.5. The summed E-state index contributed by atoms with van der Waals surface area (Å²) in [7, 11) is 0. The van der Waals surface area contributed by atoms with Crippen molar-refractivity contribution in [3.05, 3.63) is 158 Å². The molecule has 0 aromatic carbocycles. The number of hydrogen-bond acceptors (Lipinski definition) is 18. The Hall–Kier alpha value is -4.59. The van der Waals surface area contributed by atoms with E-state index >= 15 is 0 Å². The van der Waals surface area contributed by atoms with Crippen molar-refractivity contribution in [3.8, 4) is 0 Å². The molecule has 3 fully saturated rings. The minimum Gasteiger partial charge on any atom is -0.394 e. The van der Waals surface area contributed by atoms with Crippen LogP contribution >= 0.6 is 0 Å². The van der Waals surface area contributed by atoms with Gasteiger partial charge in [0.25, 0.3) is 0 Å². The highest BCUT2D eigenvalue weighted by Crippen LogP contribution is 2.33. The van der Waals surface area contributed by atoms with Crippen LogP contribution in [0, 0.1) is 0 Å². The number of aliphatic hydroxyl groups excluding tert-OH is 11. The topological polar surface area (TPSA) is 307 Å². The number of carbonyl (C=O) groups is 1. The second kappa shape index (κ2) is 50.0. The minimum absolute atomic E-state index is 0.183. The molecule has 3 aliphatic rings. The third-order valence-corrected chi connectivity index (χ3v) is 14.8. The van der Waals surface area contributed by atoms with Gasteiger partial charge in [0.1, 0.15) is 73.2 Å². The van der Waals surface area contributed by atoms with Gasteiger partial charge in [-0.15, -0.1) is 0 Å². The van der Waals surface area contributed by atoms with Crippen molar-refractivity contribution < 1.29 is 89.4 Å². The van der Waals surface area contributed by atoms with Crippen LogP contribution < -0.4 is 5.32 Å². The molecule has 1 amide bonds. The van der Waals surface area contributed by atoms with Crippen molar-refractivity contribution in [2.75, 3.05) is 26.4 Å². The zero-order valence-corrected chi connectivity index (χ0v) is 52.6. The molecule has 0 spiro atoms. The summed E-state index contributed by atoms with van der Waals surface area (Å²) in [5.41, 5.74) is 0. The molecule has 502 valence electrons. The maximum Gasteiger partial charge on any atom is 0.220 e.